The van der Waals surface area contributed by atoms with Crippen LogP contribution in [0.4, 0.5) is 0 Å². The van der Waals surface area contributed by atoms with Crippen LogP contribution in [-0.2, 0) is 4.79 Å². The molecule has 19 heavy (non-hydrogen) atoms. The van der Waals surface area contributed by atoms with Crippen molar-refractivity contribution in [1.82, 2.24) is 5.32 Å². The summed E-state index contributed by atoms with van der Waals surface area (Å²) in [6.45, 7) is 6.31. The van der Waals surface area contributed by atoms with Gasteiger partial charge in [-0.05, 0) is 57.8 Å². The average Bonchev–Trinajstić information content (AvgIpc) is 2.27. The molecule has 1 amide bonds. The van der Waals surface area contributed by atoms with Crippen LogP contribution in [0, 0.1) is 17.8 Å². The SMILES string of the molecule is CCC(C)(C)NC(=O)C1CC2CCCC(C1)C2N.Cl. The zero-order valence-corrected chi connectivity index (χ0v) is 13.3. The summed E-state index contributed by atoms with van der Waals surface area (Å²) in [7, 11) is 0. The lowest BCUT2D eigenvalue weighted by atomic mass is 9.65. The quantitative estimate of drug-likeness (QED) is 0.839. The van der Waals surface area contributed by atoms with Crippen molar-refractivity contribution in [3.8, 4) is 0 Å². The number of nitrogens with two attached hydrogens (primary N) is 1. The number of hydrogen-bond acceptors (Lipinski definition) is 2. The average molecular weight is 289 g/mol. The molecule has 112 valence electrons. The van der Waals surface area contributed by atoms with E-state index in [-0.39, 0.29) is 29.8 Å². The van der Waals surface area contributed by atoms with Gasteiger partial charge >= 0.3 is 0 Å². The summed E-state index contributed by atoms with van der Waals surface area (Å²) in [5.41, 5.74) is 6.19. The van der Waals surface area contributed by atoms with Gasteiger partial charge in [0.1, 0.15) is 0 Å². The minimum absolute atomic E-state index is 0. The van der Waals surface area contributed by atoms with Gasteiger partial charge in [0.05, 0.1) is 0 Å². The first-order valence-electron chi connectivity index (χ1n) is 7.50. The molecule has 0 aromatic heterocycles. The molecule has 0 heterocycles. The highest BCUT2D eigenvalue weighted by molar-refractivity contribution is 5.85. The van der Waals surface area contributed by atoms with Crippen LogP contribution in [0.1, 0.15) is 59.3 Å². The molecule has 2 aliphatic rings. The maximum atomic E-state index is 12.4. The zero-order valence-electron chi connectivity index (χ0n) is 12.4. The maximum absolute atomic E-state index is 12.4. The van der Waals surface area contributed by atoms with E-state index in [1.807, 2.05) is 0 Å². The molecule has 0 saturated heterocycles. The first-order chi connectivity index (χ1) is 8.43. The fourth-order valence-electron chi connectivity index (χ4n) is 3.53. The summed E-state index contributed by atoms with van der Waals surface area (Å²) in [5.74, 6) is 1.62. The summed E-state index contributed by atoms with van der Waals surface area (Å²) in [6.07, 6.45) is 6.72. The topological polar surface area (TPSA) is 55.1 Å². The highest BCUT2D eigenvalue weighted by atomic mass is 35.5. The summed E-state index contributed by atoms with van der Waals surface area (Å²) in [5, 5.41) is 3.20. The number of halogens is 1. The minimum Gasteiger partial charge on any atom is -0.351 e. The highest BCUT2D eigenvalue weighted by Gasteiger charge is 2.41. The van der Waals surface area contributed by atoms with Crippen molar-refractivity contribution >= 4 is 18.3 Å². The van der Waals surface area contributed by atoms with E-state index >= 15 is 0 Å². The highest BCUT2D eigenvalue weighted by Crippen LogP contribution is 2.42. The van der Waals surface area contributed by atoms with Crippen LogP contribution in [-0.4, -0.2) is 17.5 Å². The molecule has 2 fully saturated rings. The summed E-state index contributed by atoms with van der Waals surface area (Å²) < 4.78 is 0. The third-order valence-electron chi connectivity index (χ3n) is 5.13. The van der Waals surface area contributed by atoms with Crippen molar-refractivity contribution in [2.24, 2.45) is 23.5 Å². The lowest BCUT2D eigenvalue weighted by Gasteiger charge is -2.44. The molecule has 2 atom stereocenters. The van der Waals surface area contributed by atoms with E-state index in [1.54, 1.807) is 0 Å². The van der Waals surface area contributed by atoms with Gasteiger partial charge in [0, 0.05) is 17.5 Å². The van der Waals surface area contributed by atoms with Crippen LogP contribution in [0.3, 0.4) is 0 Å². The fraction of sp³-hybridized carbons (Fsp3) is 0.933. The van der Waals surface area contributed by atoms with E-state index in [0.717, 1.165) is 19.3 Å². The van der Waals surface area contributed by atoms with Gasteiger partial charge in [-0.1, -0.05) is 13.3 Å². The second-order valence-corrected chi connectivity index (χ2v) is 6.92. The number of fused-ring (bicyclic) bond motifs is 2. The van der Waals surface area contributed by atoms with Gasteiger partial charge in [0.15, 0.2) is 0 Å². The van der Waals surface area contributed by atoms with Gasteiger partial charge < -0.3 is 11.1 Å². The lowest BCUT2D eigenvalue weighted by Crippen LogP contribution is -2.52. The van der Waals surface area contributed by atoms with Gasteiger partial charge in [-0.15, -0.1) is 12.4 Å². The molecule has 2 unspecified atom stereocenters. The largest absolute Gasteiger partial charge is 0.351 e. The Balaban J connectivity index is 0.00000180. The first kappa shape index (κ1) is 16.8. The van der Waals surface area contributed by atoms with E-state index in [2.05, 4.69) is 26.1 Å². The first-order valence-corrected chi connectivity index (χ1v) is 7.50. The molecule has 0 aromatic carbocycles. The molecule has 3 N–H and O–H groups in total. The molecule has 0 aliphatic heterocycles. The van der Waals surface area contributed by atoms with Crippen molar-refractivity contribution in [1.29, 1.82) is 0 Å². The molecule has 4 heteroatoms. The number of hydrogen-bond donors (Lipinski definition) is 2. The lowest BCUT2D eigenvalue weighted by molar-refractivity contribution is -0.129. The van der Waals surface area contributed by atoms with Crippen molar-refractivity contribution in [2.45, 2.75) is 70.9 Å². The Morgan fingerprint density at radius 3 is 2.26 bits per heavy atom. The monoisotopic (exact) mass is 288 g/mol. The molecule has 2 bridgehead atoms. The Kier molecular flexibility index (Phi) is 5.69. The second kappa shape index (κ2) is 6.45. The second-order valence-electron chi connectivity index (χ2n) is 6.92. The standard InChI is InChI=1S/C15H28N2O.ClH/c1-4-15(2,3)17-14(18)12-8-10-6-5-7-11(9-12)13(10)16;/h10-13H,4-9,16H2,1-3H3,(H,17,18);1H. The number of amides is 1. The predicted octanol–water partition coefficient (Wildman–Crippen LogP) is 2.87. The Morgan fingerprint density at radius 2 is 1.79 bits per heavy atom. The Bertz CT molecular complexity index is 305. The van der Waals surface area contributed by atoms with Gasteiger partial charge in [-0.3, -0.25) is 4.79 Å². The van der Waals surface area contributed by atoms with Crippen LogP contribution in [0.5, 0.6) is 0 Å². The number of carbonyl (C=O) groups is 1. The van der Waals surface area contributed by atoms with E-state index in [1.165, 1.54) is 19.3 Å². The van der Waals surface area contributed by atoms with Crippen LogP contribution in [0.15, 0.2) is 0 Å². The van der Waals surface area contributed by atoms with Crippen LogP contribution >= 0.6 is 12.4 Å². The molecule has 3 nitrogen and oxygen atoms in total. The molecule has 2 rings (SSSR count). The Morgan fingerprint density at radius 1 is 1.26 bits per heavy atom. The third kappa shape index (κ3) is 3.85. The van der Waals surface area contributed by atoms with Gasteiger partial charge in [0.25, 0.3) is 0 Å². The van der Waals surface area contributed by atoms with Crippen LogP contribution in [0.25, 0.3) is 0 Å². The summed E-state index contributed by atoms with van der Waals surface area (Å²) in [4.78, 5) is 12.4. The summed E-state index contributed by atoms with van der Waals surface area (Å²) >= 11 is 0. The van der Waals surface area contributed by atoms with Gasteiger partial charge in [0.2, 0.25) is 5.91 Å². The molecule has 2 saturated carbocycles. The van der Waals surface area contributed by atoms with Crippen molar-refractivity contribution < 1.29 is 4.79 Å². The maximum Gasteiger partial charge on any atom is 0.223 e. The smallest absolute Gasteiger partial charge is 0.223 e. The van der Waals surface area contributed by atoms with Crippen LogP contribution < -0.4 is 11.1 Å². The van der Waals surface area contributed by atoms with Gasteiger partial charge in [-0.2, -0.15) is 0 Å². The summed E-state index contributed by atoms with van der Waals surface area (Å²) in [6, 6.07) is 0.349. The number of carbonyl (C=O) groups excluding carboxylic acids is 1. The third-order valence-corrected chi connectivity index (χ3v) is 5.13. The molecule has 0 aromatic rings. The minimum atomic E-state index is -0.0776. The van der Waals surface area contributed by atoms with Gasteiger partial charge in [-0.25, -0.2) is 0 Å². The van der Waals surface area contributed by atoms with E-state index < -0.39 is 0 Å². The van der Waals surface area contributed by atoms with E-state index in [0.29, 0.717) is 17.9 Å². The van der Waals surface area contributed by atoms with E-state index in [4.69, 9.17) is 5.73 Å². The Hall–Kier alpha value is -0.280. The molecular weight excluding hydrogens is 260 g/mol. The Labute approximate surface area is 123 Å². The van der Waals surface area contributed by atoms with Crippen molar-refractivity contribution in [2.75, 3.05) is 0 Å². The van der Waals surface area contributed by atoms with Crippen molar-refractivity contribution in [3.63, 3.8) is 0 Å². The predicted molar refractivity (Wildman–Crippen MR) is 81.3 cm³/mol. The van der Waals surface area contributed by atoms with E-state index in [9.17, 15) is 4.79 Å². The number of nitrogens with one attached hydrogen (secondary N) is 1. The van der Waals surface area contributed by atoms with Crippen molar-refractivity contribution in [3.05, 3.63) is 0 Å². The molecule has 2 aliphatic carbocycles. The number of rotatable bonds is 3. The van der Waals surface area contributed by atoms with Crippen LogP contribution in [0.2, 0.25) is 0 Å². The normalized spacial score (nSPS) is 34.3. The molecular formula is C15H29ClN2O. The zero-order chi connectivity index (χ0) is 13.3. The molecule has 0 radical (unpaired) electrons. The fourth-order valence-corrected chi connectivity index (χ4v) is 3.53. The molecule has 0 spiro atoms.